The second-order valence-electron chi connectivity index (χ2n) is 5.57. The van der Waals surface area contributed by atoms with E-state index in [0.717, 1.165) is 0 Å². The van der Waals surface area contributed by atoms with Crippen molar-refractivity contribution >= 4 is 18.9 Å². The first kappa shape index (κ1) is 44.3. The van der Waals surface area contributed by atoms with Crippen molar-refractivity contribution in [1.29, 1.82) is 0 Å². The minimum atomic E-state index is -1.64. The molecule has 0 saturated heterocycles. The summed E-state index contributed by atoms with van der Waals surface area (Å²) in [6.45, 7) is 13.7. The van der Waals surface area contributed by atoms with Gasteiger partial charge in [-0.25, -0.2) is 0 Å². The predicted molar refractivity (Wildman–Crippen MR) is 130 cm³/mol. The van der Waals surface area contributed by atoms with Crippen molar-refractivity contribution in [2.75, 3.05) is 46.7 Å². The molecule has 1 aromatic rings. The molecule has 0 atom stereocenters. The largest absolute Gasteiger partial charge is 0.388 e. The second-order valence-corrected chi connectivity index (χ2v) is 10.2. The highest BCUT2D eigenvalue weighted by Crippen LogP contribution is 2.28. The van der Waals surface area contributed by atoms with Gasteiger partial charge in [-0.1, -0.05) is 77.9 Å². The van der Waals surface area contributed by atoms with Crippen LogP contribution in [-0.4, -0.2) is 46.7 Å². The van der Waals surface area contributed by atoms with Gasteiger partial charge in [0.25, 0.3) is 0 Å². The number of methoxy groups -OCH3 is 1. The minimum absolute atomic E-state index is 0. The van der Waals surface area contributed by atoms with E-state index in [2.05, 4.69) is 56.7 Å². The quantitative estimate of drug-likeness (QED) is 0.413. The molecule has 25 heavy (non-hydrogen) atoms. The lowest BCUT2D eigenvalue weighted by Gasteiger charge is -1.90. The van der Waals surface area contributed by atoms with Crippen molar-refractivity contribution in [3.63, 3.8) is 0 Å². The minimum Gasteiger partial charge on any atom is -0.388 e. The van der Waals surface area contributed by atoms with Gasteiger partial charge in [-0.15, -0.1) is 0 Å². The summed E-state index contributed by atoms with van der Waals surface area (Å²) in [6.07, 6.45) is 5.33. The van der Waals surface area contributed by atoms with Crippen molar-refractivity contribution in [1.82, 2.24) is 0 Å². The number of rotatable bonds is 0. The Morgan fingerprint density at radius 3 is 1.00 bits per heavy atom. The molecule has 0 N–H and O–H groups in total. The van der Waals surface area contributed by atoms with Crippen LogP contribution < -0.4 is 0 Å². The lowest BCUT2D eigenvalue weighted by Crippen LogP contribution is -1.70. The first-order chi connectivity index (χ1) is 10.0. The van der Waals surface area contributed by atoms with Crippen LogP contribution in [0.2, 0.25) is 0 Å². The SMILES string of the molecule is C.C.C.CCC.COC.CP(C)(C)=O.CSC.Cc1ccc(C)cc1. The van der Waals surface area contributed by atoms with Crippen LogP contribution in [0.5, 0.6) is 0 Å². The number of benzene rings is 1. The van der Waals surface area contributed by atoms with Gasteiger partial charge in [0.05, 0.1) is 7.14 Å². The highest BCUT2D eigenvalue weighted by atomic mass is 32.2. The highest BCUT2D eigenvalue weighted by Gasteiger charge is 1.89. The number of thioether (sulfide) groups is 1. The molecule has 0 unspecified atom stereocenters. The van der Waals surface area contributed by atoms with Crippen molar-refractivity contribution in [3.05, 3.63) is 35.4 Å². The van der Waals surface area contributed by atoms with Gasteiger partial charge in [0.15, 0.2) is 0 Å². The fourth-order valence-corrected chi connectivity index (χ4v) is 0.637. The molecule has 0 aliphatic heterocycles. The average Bonchev–Trinajstić information content (AvgIpc) is 2.34. The molecule has 0 amide bonds. The number of hydrogen-bond donors (Lipinski definition) is 0. The molecule has 0 aliphatic carbocycles. The molecule has 2 nitrogen and oxygen atoms in total. The number of ether oxygens (including phenoxy) is 1. The molecule has 4 heteroatoms. The van der Waals surface area contributed by atoms with Crippen LogP contribution in [0.15, 0.2) is 24.3 Å². The molecule has 1 aromatic carbocycles. The lowest BCUT2D eigenvalue weighted by atomic mass is 10.2. The summed E-state index contributed by atoms with van der Waals surface area (Å²) in [6, 6.07) is 8.48. The summed E-state index contributed by atoms with van der Waals surface area (Å²) >= 11 is 1.75. The van der Waals surface area contributed by atoms with Crippen LogP contribution in [0.4, 0.5) is 0 Å². The zero-order chi connectivity index (χ0) is 18.6. The first-order valence-corrected chi connectivity index (χ1v) is 12.1. The normalized spacial score (nSPS) is 7.48. The van der Waals surface area contributed by atoms with E-state index in [4.69, 9.17) is 0 Å². The fraction of sp³-hybridized carbons (Fsp3) is 0.714. The zero-order valence-corrected chi connectivity index (χ0v) is 18.4. The highest BCUT2D eigenvalue weighted by molar-refractivity contribution is 7.97. The van der Waals surface area contributed by atoms with Crippen molar-refractivity contribution in [2.24, 2.45) is 0 Å². The summed E-state index contributed by atoms with van der Waals surface area (Å²) in [5.74, 6) is 0. The van der Waals surface area contributed by atoms with Gasteiger partial charge in [0.2, 0.25) is 0 Å². The predicted octanol–water partition coefficient (Wildman–Crippen LogP) is 8.11. The second kappa shape index (κ2) is 35.0. The molecular weight excluding hydrogens is 347 g/mol. The molecule has 0 bridgehead atoms. The smallest absolute Gasteiger partial charge is 0.0790 e. The Hall–Kier alpha value is -0.240. The van der Waals surface area contributed by atoms with E-state index in [1.165, 1.54) is 17.5 Å². The van der Waals surface area contributed by atoms with Crippen LogP contribution in [0, 0.1) is 13.8 Å². The fourth-order valence-electron chi connectivity index (χ4n) is 0.637. The van der Waals surface area contributed by atoms with Crippen molar-refractivity contribution in [2.45, 2.75) is 56.4 Å². The van der Waals surface area contributed by atoms with Crippen LogP contribution in [-0.2, 0) is 9.30 Å². The molecule has 0 aromatic heterocycles. The Bertz CT molecular complexity index is 298. The van der Waals surface area contributed by atoms with E-state index in [0.29, 0.717) is 0 Å². The van der Waals surface area contributed by atoms with Gasteiger partial charge >= 0.3 is 0 Å². The van der Waals surface area contributed by atoms with Crippen LogP contribution in [0.3, 0.4) is 0 Å². The van der Waals surface area contributed by atoms with Gasteiger partial charge in [0.1, 0.15) is 0 Å². The molecule has 0 spiro atoms. The summed E-state index contributed by atoms with van der Waals surface area (Å²) in [4.78, 5) is 0. The van der Waals surface area contributed by atoms with E-state index < -0.39 is 7.14 Å². The Labute approximate surface area is 166 Å². The van der Waals surface area contributed by atoms with E-state index in [1.54, 1.807) is 46.0 Å². The van der Waals surface area contributed by atoms with Crippen LogP contribution in [0.1, 0.15) is 53.7 Å². The van der Waals surface area contributed by atoms with Gasteiger partial charge < -0.3 is 9.30 Å². The number of hydrogen-bond acceptors (Lipinski definition) is 3. The Morgan fingerprint density at radius 2 is 0.920 bits per heavy atom. The molecule has 0 heterocycles. The third-order valence-electron chi connectivity index (χ3n) is 1.22. The average molecular weight is 399 g/mol. The van der Waals surface area contributed by atoms with E-state index in [9.17, 15) is 4.57 Å². The maximum Gasteiger partial charge on any atom is 0.0790 e. The Kier molecular flexibility index (Phi) is 62.0. The first-order valence-electron chi connectivity index (χ1n) is 7.39. The molecule has 0 fully saturated rings. The summed E-state index contributed by atoms with van der Waals surface area (Å²) < 4.78 is 14.5. The standard InChI is InChI=1S/C8H10.C3H9OP.C3H8.C2H6O.C2H6S.3CH4/c1-7-3-5-8(2)6-4-7;1-5(2,3)4;3*1-3-2;;;/h3-6H,1-2H3;1-3H3;3H2,1-2H3;2*1-2H3;3*1H4. The van der Waals surface area contributed by atoms with E-state index in [-0.39, 0.29) is 22.3 Å². The van der Waals surface area contributed by atoms with E-state index >= 15 is 0 Å². The maximum atomic E-state index is 10.2. The van der Waals surface area contributed by atoms with Crippen LogP contribution >= 0.6 is 18.9 Å². The third-order valence-corrected chi connectivity index (χ3v) is 1.22. The zero-order valence-electron chi connectivity index (χ0n) is 16.7. The van der Waals surface area contributed by atoms with Gasteiger partial charge in [-0.05, 0) is 46.4 Å². The van der Waals surface area contributed by atoms with Gasteiger partial charge in [-0.2, -0.15) is 11.8 Å². The summed E-state index contributed by atoms with van der Waals surface area (Å²) in [5, 5.41) is 0. The summed E-state index contributed by atoms with van der Waals surface area (Å²) in [5.41, 5.74) is 2.66. The summed E-state index contributed by atoms with van der Waals surface area (Å²) in [7, 11) is 1.61. The Balaban J connectivity index is -0.0000000340. The maximum absolute atomic E-state index is 10.2. The van der Waals surface area contributed by atoms with Crippen molar-refractivity contribution < 1.29 is 9.30 Å². The van der Waals surface area contributed by atoms with Gasteiger partial charge in [-0.3, -0.25) is 0 Å². The van der Waals surface area contributed by atoms with Crippen molar-refractivity contribution in [3.8, 4) is 0 Å². The Morgan fingerprint density at radius 1 is 0.840 bits per heavy atom. The van der Waals surface area contributed by atoms with Crippen LogP contribution in [0.25, 0.3) is 0 Å². The molecule has 1 rings (SSSR count). The van der Waals surface area contributed by atoms with E-state index in [1.807, 2.05) is 12.5 Å². The monoisotopic (exact) mass is 398 g/mol. The van der Waals surface area contributed by atoms with Gasteiger partial charge in [0, 0.05) is 14.2 Å². The molecule has 0 radical (unpaired) electrons. The molecular formula is C21H51O2PS. The molecule has 0 aliphatic rings. The number of aryl methyl sites for hydroxylation is 2. The topological polar surface area (TPSA) is 26.3 Å². The third kappa shape index (κ3) is 118. The lowest BCUT2D eigenvalue weighted by molar-refractivity contribution is 0.277. The molecule has 158 valence electrons. The molecule has 0 saturated carbocycles.